The second-order valence-corrected chi connectivity index (χ2v) is 5.44. The Morgan fingerprint density at radius 1 is 0.947 bits per heavy atom. The van der Waals surface area contributed by atoms with E-state index in [9.17, 15) is 5.26 Å². The fraction of sp³-hybridized carbons (Fsp3) is 0.133. The highest BCUT2D eigenvalue weighted by molar-refractivity contribution is 6.42. The summed E-state index contributed by atoms with van der Waals surface area (Å²) in [6.45, 7) is 0. The highest BCUT2D eigenvalue weighted by Crippen LogP contribution is 2.27. The molecule has 0 aliphatic carbocycles. The maximum atomic E-state index is 9.29. The van der Waals surface area contributed by atoms with Crippen LogP contribution in [0.25, 0.3) is 0 Å². The van der Waals surface area contributed by atoms with Crippen LogP contribution >= 0.6 is 34.8 Å². The molecule has 2 rings (SSSR count). The van der Waals surface area contributed by atoms with Crippen molar-refractivity contribution in [2.75, 3.05) is 0 Å². The second kappa shape index (κ2) is 6.30. The number of rotatable bonds is 3. The molecule has 96 valence electrons. The van der Waals surface area contributed by atoms with Crippen molar-refractivity contribution in [3.63, 3.8) is 0 Å². The van der Waals surface area contributed by atoms with Crippen LogP contribution in [0.3, 0.4) is 0 Å². The first-order valence-electron chi connectivity index (χ1n) is 5.69. The Morgan fingerprint density at radius 3 is 2.21 bits per heavy atom. The standard InChI is InChI=1S/C15H10Cl3N/c16-13-4-2-11(3-5-13)12(9-19)7-10-1-6-14(17)15(18)8-10/h1-6,8,12H,7H2. The van der Waals surface area contributed by atoms with Crippen LogP contribution in [0.1, 0.15) is 17.0 Å². The summed E-state index contributed by atoms with van der Waals surface area (Å²) in [6.07, 6.45) is 0.592. The van der Waals surface area contributed by atoms with Gasteiger partial charge in [0.2, 0.25) is 0 Å². The van der Waals surface area contributed by atoms with Crippen molar-refractivity contribution in [2.24, 2.45) is 0 Å². The molecule has 0 saturated carbocycles. The summed E-state index contributed by atoms with van der Waals surface area (Å²) in [6, 6.07) is 15.0. The number of hydrogen-bond acceptors (Lipinski definition) is 1. The van der Waals surface area contributed by atoms with E-state index in [2.05, 4.69) is 6.07 Å². The highest BCUT2D eigenvalue weighted by Gasteiger charge is 2.12. The zero-order chi connectivity index (χ0) is 13.8. The SMILES string of the molecule is N#CC(Cc1ccc(Cl)c(Cl)c1)c1ccc(Cl)cc1. The summed E-state index contributed by atoms with van der Waals surface area (Å²) < 4.78 is 0. The van der Waals surface area contributed by atoms with Crippen LogP contribution < -0.4 is 0 Å². The molecule has 0 saturated heterocycles. The molecule has 1 unspecified atom stereocenters. The first-order chi connectivity index (χ1) is 9.10. The van der Waals surface area contributed by atoms with Crippen LogP contribution in [0.15, 0.2) is 42.5 Å². The van der Waals surface area contributed by atoms with Crippen molar-refractivity contribution in [1.82, 2.24) is 0 Å². The molecule has 0 aromatic heterocycles. The van der Waals surface area contributed by atoms with Gasteiger partial charge in [-0.05, 0) is 41.8 Å². The smallest absolute Gasteiger partial charge is 0.0753 e. The lowest BCUT2D eigenvalue weighted by atomic mass is 9.93. The average molecular weight is 311 g/mol. The lowest BCUT2D eigenvalue weighted by molar-refractivity contribution is 0.849. The molecule has 0 radical (unpaired) electrons. The number of nitriles is 1. The van der Waals surface area contributed by atoms with Gasteiger partial charge in [-0.25, -0.2) is 0 Å². The summed E-state index contributed by atoms with van der Waals surface area (Å²) in [5.74, 6) is -0.227. The molecule has 0 fully saturated rings. The normalized spacial score (nSPS) is 11.9. The predicted molar refractivity (Wildman–Crippen MR) is 80.0 cm³/mol. The molecule has 2 aromatic rings. The molecule has 0 heterocycles. The Bertz CT molecular complexity index is 614. The minimum Gasteiger partial charge on any atom is -0.198 e. The summed E-state index contributed by atoms with van der Waals surface area (Å²) in [4.78, 5) is 0. The maximum Gasteiger partial charge on any atom is 0.0753 e. The Balaban J connectivity index is 2.22. The Kier molecular flexibility index (Phi) is 4.71. The van der Waals surface area contributed by atoms with E-state index in [1.54, 1.807) is 24.3 Å². The number of nitrogens with zero attached hydrogens (tertiary/aromatic N) is 1. The van der Waals surface area contributed by atoms with E-state index < -0.39 is 0 Å². The lowest BCUT2D eigenvalue weighted by Crippen LogP contribution is -2.00. The number of hydrogen-bond donors (Lipinski definition) is 0. The third-order valence-corrected chi connectivity index (χ3v) is 3.84. The first-order valence-corrected chi connectivity index (χ1v) is 6.82. The van der Waals surface area contributed by atoms with Gasteiger partial charge in [0, 0.05) is 5.02 Å². The fourth-order valence-corrected chi connectivity index (χ4v) is 2.28. The van der Waals surface area contributed by atoms with Gasteiger partial charge in [-0.1, -0.05) is 53.0 Å². The van der Waals surface area contributed by atoms with Crippen molar-refractivity contribution >= 4 is 34.8 Å². The quantitative estimate of drug-likeness (QED) is 0.734. The zero-order valence-corrected chi connectivity index (χ0v) is 12.2. The molecule has 1 nitrogen and oxygen atoms in total. The van der Waals surface area contributed by atoms with Gasteiger partial charge in [0.25, 0.3) is 0 Å². The Labute approximate surface area is 127 Å². The summed E-state index contributed by atoms with van der Waals surface area (Å²) >= 11 is 17.7. The summed E-state index contributed by atoms with van der Waals surface area (Å²) in [5.41, 5.74) is 1.92. The molecular weight excluding hydrogens is 301 g/mol. The van der Waals surface area contributed by atoms with Crippen LogP contribution in [0.4, 0.5) is 0 Å². The topological polar surface area (TPSA) is 23.8 Å². The van der Waals surface area contributed by atoms with E-state index in [1.807, 2.05) is 18.2 Å². The van der Waals surface area contributed by atoms with Crippen LogP contribution in [0.5, 0.6) is 0 Å². The molecule has 19 heavy (non-hydrogen) atoms. The van der Waals surface area contributed by atoms with Gasteiger partial charge in [-0.3, -0.25) is 0 Å². The summed E-state index contributed by atoms with van der Waals surface area (Å²) in [5, 5.41) is 11.0. The third-order valence-electron chi connectivity index (χ3n) is 2.85. The van der Waals surface area contributed by atoms with E-state index >= 15 is 0 Å². The van der Waals surface area contributed by atoms with Gasteiger partial charge in [0.05, 0.1) is 22.0 Å². The molecule has 0 amide bonds. The molecule has 0 aliphatic heterocycles. The average Bonchev–Trinajstić information content (AvgIpc) is 2.41. The van der Waals surface area contributed by atoms with Gasteiger partial charge in [0.15, 0.2) is 0 Å². The Morgan fingerprint density at radius 2 is 1.63 bits per heavy atom. The van der Waals surface area contributed by atoms with Crippen LogP contribution in [-0.4, -0.2) is 0 Å². The fourth-order valence-electron chi connectivity index (χ4n) is 1.84. The minimum absolute atomic E-state index is 0.227. The first kappa shape index (κ1) is 14.2. The molecule has 0 bridgehead atoms. The third kappa shape index (κ3) is 3.64. The van der Waals surface area contributed by atoms with Crippen molar-refractivity contribution in [3.05, 3.63) is 68.7 Å². The maximum absolute atomic E-state index is 9.29. The molecule has 2 aromatic carbocycles. The van der Waals surface area contributed by atoms with E-state index in [1.165, 1.54) is 0 Å². The molecule has 0 N–H and O–H groups in total. The molecule has 0 spiro atoms. The summed E-state index contributed by atoms with van der Waals surface area (Å²) in [7, 11) is 0. The Hall–Kier alpha value is -1.20. The largest absolute Gasteiger partial charge is 0.198 e. The minimum atomic E-state index is -0.227. The van der Waals surface area contributed by atoms with E-state index in [0.29, 0.717) is 21.5 Å². The zero-order valence-electron chi connectivity index (χ0n) is 9.91. The van der Waals surface area contributed by atoms with E-state index in [4.69, 9.17) is 34.8 Å². The van der Waals surface area contributed by atoms with Gasteiger partial charge in [-0.2, -0.15) is 5.26 Å². The highest BCUT2D eigenvalue weighted by atomic mass is 35.5. The number of halogens is 3. The molecular formula is C15H10Cl3N. The monoisotopic (exact) mass is 309 g/mol. The van der Waals surface area contributed by atoms with Crippen LogP contribution in [0.2, 0.25) is 15.1 Å². The molecule has 1 atom stereocenters. The van der Waals surface area contributed by atoms with Crippen molar-refractivity contribution in [3.8, 4) is 6.07 Å². The van der Waals surface area contributed by atoms with E-state index in [-0.39, 0.29) is 5.92 Å². The van der Waals surface area contributed by atoms with Gasteiger partial charge in [-0.15, -0.1) is 0 Å². The lowest BCUT2D eigenvalue weighted by Gasteiger charge is -2.10. The van der Waals surface area contributed by atoms with Crippen molar-refractivity contribution < 1.29 is 0 Å². The van der Waals surface area contributed by atoms with Crippen LogP contribution in [-0.2, 0) is 6.42 Å². The van der Waals surface area contributed by atoms with Crippen molar-refractivity contribution in [2.45, 2.75) is 12.3 Å². The van der Waals surface area contributed by atoms with Gasteiger partial charge in [0.1, 0.15) is 0 Å². The van der Waals surface area contributed by atoms with Gasteiger partial charge >= 0.3 is 0 Å². The molecule has 0 aliphatic rings. The number of benzene rings is 2. The molecule has 4 heteroatoms. The van der Waals surface area contributed by atoms with E-state index in [0.717, 1.165) is 11.1 Å². The van der Waals surface area contributed by atoms with Gasteiger partial charge < -0.3 is 0 Å². The van der Waals surface area contributed by atoms with Crippen LogP contribution in [0, 0.1) is 11.3 Å². The van der Waals surface area contributed by atoms with Crippen molar-refractivity contribution in [1.29, 1.82) is 5.26 Å². The second-order valence-electron chi connectivity index (χ2n) is 4.19. The predicted octanol–water partition coefficient (Wildman–Crippen LogP) is 5.50.